The van der Waals surface area contributed by atoms with Crippen LogP contribution in [-0.4, -0.2) is 58.7 Å². The molecule has 1 aromatic carbocycles. The van der Waals surface area contributed by atoms with Gasteiger partial charge in [0, 0.05) is 43.5 Å². The highest BCUT2D eigenvalue weighted by molar-refractivity contribution is 7.89. The molecule has 0 radical (unpaired) electrons. The van der Waals surface area contributed by atoms with Crippen LogP contribution in [0.25, 0.3) is 0 Å². The van der Waals surface area contributed by atoms with E-state index in [9.17, 15) is 21.2 Å². The first kappa shape index (κ1) is 24.3. The van der Waals surface area contributed by atoms with Crippen molar-refractivity contribution in [2.75, 3.05) is 33.2 Å². The van der Waals surface area contributed by atoms with E-state index in [1.54, 1.807) is 18.4 Å². The summed E-state index contributed by atoms with van der Waals surface area (Å²) >= 11 is 1.55. The maximum Gasteiger partial charge on any atom is 0.279 e. The molecule has 1 N–H and O–H groups in total. The normalized spacial score (nSPS) is 17.8. The molecule has 1 aliphatic heterocycles. The van der Waals surface area contributed by atoms with Gasteiger partial charge in [0.05, 0.1) is 4.90 Å². The maximum atomic E-state index is 13.2. The van der Waals surface area contributed by atoms with Gasteiger partial charge in [0.1, 0.15) is 5.82 Å². The lowest BCUT2D eigenvalue weighted by Gasteiger charge is -2.41. The maximum absolute atomic E-state index is 13.2. The topological polar surface area (TPSA) is 86.8 Å². The van der Waals surface area contributed by atoms with Gasteiger partial charge in [-0.05, 0) is 55.0 Å². The molecule has 0 bridgehead atoms. The van der Waals surface area contributed by atoms with Crippen LogP contribution < -0.4 is 4.72 Å². The third-order valence-electron chi connectivity index (χ3n) is 5.72. The molecule has 2 heterocycles. The summed E-state index contributed by atoms with van der Waals surface area (Å²) < 4.78 is 69.7. The summed E-state index contributed by atoms with van der Waals surface area (Å²) in [5, 5.41) is 1.94. The number of nitrogens with zero attached hydrogens (tertiary/aromatic N) is 2. The van der Waals surface area contributed by atoms with E-state index in [2.05, 4.69) is 4.72 Å². The number of halogens is 1. The molecule has 0 spiro atoms. The van der Waals surface area contributed by atoms with E-state index in [0.717, 1.165) is 17.0 Å². The molecule has 0 unspecified atom stereocenters. The minimum Gasteiger partial charge on any atom is -0.207 e. The molecule has 0 amide bonds. The molecule has 1 aromatic heterocycles. The highest BCUT2D eigenvalue weighted by Crippen LogP contribution is 2.39. The SMILES string of the molecule is CCCN(C)S(=O)(=O)NCC1(c2cccs2)CCN(S(=O)(=O)c2ccc(F)cc2)CC1. The van der Waals surface area contributed by atoms with Crippen LogP contribution in [0.2, 0.25) is 0 Å². The van der Waals surface area contributed by atoms with E-state index in [-0.39, 0.29) is 24.5 Å². The Labute approximate surface area is 188 Å². The lowest BCUT2D eigenvalue weighted by atomic mass is 9.78. The number of piperidine rings is 1. The molecule has 1 saturated heterocycles. The first-order chi connectivity index (χ1) is 14.6. The van der Waals surface area contributed by atoms with Crippen LogP contribution in [-0.2, 0) is 25.6 Å². The molecule has 0 aliphatic carbocycles. The monoisotopic (exact) mass is 489 g/mol. The molecule has 11 heteroatoms. The lowest BCUT2D eigenvalue weighted by molar-refractivity contribution is 0.235. The van der Waals surface area contributed by atoms with Crippen LogP contribution in [0, 0.1) is 5.82 Å². The molecular weight excluding hydrogens is 461 g/mol. The van der Waals surface area contributed by atoms with E-state index in [1.165, 1.54) is 20.7 Å². The van der Waals surface area contributed by atoms with Gasteiger partial charge in [0.15, 0.2) is 0 Å². The Bertz CT molecular complexity index is 1060. The predicted octanol–water partition coefficient (Wildman–Crippen LogP) is 2.79. The number of sulfonamides is 1. The van der Waals surface area contributed by atoms with Gasteiger partial charge in [-0.15, -0.1) is 11.3 Å². The van der Waals surface area contributed by atoms with Gasteiger partial charge in [-0.2, -0.15) is 17.0 Å². The minimum atomic E-state index is -3.74. The number of rotatable bonds is 9. The summed E-state index contributed by atoms with van der Waals surface area (Å²) in [6.07, 6.45) is 1.67. The summed E-state index contributed by atoms with van der Waals surface area (Å²) in [4.78, 5) is 1.09. The first-order valence-electron chi connectivity index (χ1n) is 10.1. The number of nitrogens with one attached hydrogen (secondary N) is 1. The molecule has 0 saturated carbocycles. The fourth-order valence-electron chi connectivity index (χ4n) is 3.78. The third-order valence-corrected chi connectivity index (χ3v) is 10.3. The highest BCUT2D eigenvalue weighted by Gasteiger charge is 2.41. The van der Waals surface area contributed by atoms with E-state index in [4.69, 9.17) is 0 Å². The van der Waals surface area contributed by atoms with Crippen molar-refractivity contribution in [3.8, 4) is 0 Å². The molecule has 1 fully saturated rings. The summed E-state index contributed by atoms with van der Waals surface area (Å²) in [5.74, 6) is -0.491. The van der Waals surface area contributed by atoms with Gasteiger partial charge in [0.2, 0.25) is 10.0 Å². The van der Waals surface area contributed by atoms with Gasteiger partial charge in [-0.3, -0.25) is 0 Å². The van der Waals surface area contributed by atoms with Crippen molar-refractivity contribution < 1.29 is 21.2 Å². The van der Waals surface area contributed by atoms with Gasteiger partial charge in [0.25, 0.3) is 10.2 Å². The van der Waals surface area contributed by atoms with Gasteiger partial charge in [-0.25, -0.2) is 17.5 Å². The second kappa shape index (κ2) is 9.63. The van der Waals surface area contributed by atoms with Crippen LogP contribution in [0.15, 0.2) is 46.7 Å². The Hall–Kier alpha value is -1.37. The standard InChI is InChI=1S/C20H28FN3O4S3/c1-3-12-23(2)31(27,28)22-16-20(19-5-4-15-29-19)10-13-24(14-11-20)30(25,26)18-8-6-17(21)7-9-18/h4-9,15,22H,3,10-14,16H2,1-2H3. The summed E-state index contributed by atoms with van der Waals surface area (Å²) in [7, 11) is -5.81. The van der Waals surface area contributed by atoms with Crippen LogP contribution in [0.3, 0.4) is 0 Å². The minimum absolute atomic E-state index is 0.0550. The molecule has 172 valence electrons. The Morgan fingerprint density at radius 2 is 1.77 bits per heavy atom. The van der Waals surface area contributed by atoms with Crippen molar-refractivity contribution >= 4 is 31.6 Å². The van der Waals surface area contributed by atoms with E-state index >= 15 is 0 Å². The van der Waals surface area contributed by atoms with Crippen molar-refractivity contribution in [1.82, 2.24) is 13.3 Å². The average molecular weight is 490 g/mol. The van der Waals surface area contributed by atoms with Crippen LogP contribution in [0.5, 0.6) is 0 Å². The van der Waals surface area contributed by atoms with Crippen LogP contribution >= 0.6 is 11.3 Å². The van der Waals surface area contributed by atoms with E-state index < -0.39 is 31.5 Å². The van der Waals surface area contributed by atoms with Gasteiger partial charge in [-0.1, -0.05) is 13.0 Å². The zero-order valence-corrected chi connectivity index (χ0v) is 20.1. The zero-order valence-electron chi connectivity index (χ0n) is 17.6. The summed E-state index contributed by atoms with van der Waals surface area (Å²) in [5.41, 5.74) is -0.483. The molecule has 2 aromatic rings. The van der Waals surface area contributed by atoms with Crippen molar-refractivity contribution in [3.63, 3.8) is 0 Å². The number of hydrogen-bond donors (Lipinski definition) is 1. The predicted molar refractivity (Wildman–Crippen MR) is 120 cm³/mol. The zero-order chi connectivity index (χ0) is 22.7. The average Bonchev–Trinajstić information content (AvgIpc) is 3.29. The molecular formula is C20H28FN3O4S3. The quantitative estimate of drug-likeness (QED) is 0.587. The van der Waals surface area contributed by atoms with Crippen molar-refractivity contribution in [1.29, 1.82) is 0 Å². The second-order valence-electron chi connectivity index (χ2n) is 7.76. The fraction of sp³-hybridized carbons (Fsp3) is 0.500. The number of hydrogen-bond acceptors (Lipinski definition) is 5. The third kappa shape index (κ3) is 5.35. The smallest absolute Gasteiger partial charge is 0.207 e. The first-order valence-corrected chi connectivity index (χ1v) is 13.9. The molecule has 1 aliphatic rings. The van der Waals surface area contributed by atoms with Crippen molar-refractivity contribution in [3.05, 3.63) is 52.5 Å². The summed E-state index contributed by atoms with van der Waals surface area (Å²) in [6, 6.07) is 8.69. The molecule has 3 rings (SSSR count). The van der Waals surface area contributed by atoms with E-state index in [0.29, 0.717) is 25.8 Å². The van der Waals surface area contributed by atoms with Gasteiger partial charge < -0.3 is 0 Å². The largest absolute Gasteiger partial charge is 0.279 e. The van der Waals surface area contributed by atoms with Crippen molar-refractivity contribution in [2.45, 2.75) is 36.5 Å². The highest BCUT2D eigenvalue weighted by atomic mass is 32.2. The Kier molecular flexibility index (Phi) is 7.54. The van der Waals surface area contributed by atoms with Crippen LogP contribution in [0.4, 0.5) is 4.39 Å². The Morgan fingerprint density at radius 3 is 2.32 bits per heavy atom. The van der Waals surface area contributed by atoms with E-state index in [1.807, 2.05) is 24.4 Å². The number of benzene rings is 1. The molecule has 31 heavy (non-hydrogen) atoms. The lowest BCUT2D eigenvalue weighted by Crippen LogP contribution is -2.51. The number of thiophene rings is 1. The second-order valence-corrected chi connectivity index (χ2v) is 12.5. The van der Waals surface area contributed by atoms with Gasteiger partial charge >= 0.3 is 0 Å². The molecule has 0 atom stereocenters. The van der Waals surface area contributed by atoms with Crippen molar-refractivity contribution in [2.24, 2.45) is 0 Å². The Balaban J connectivity index is 1.78. The van der Waals surface area contributed by atoms with Crippen LogP contribution in [0.1, 0.15) is 31.1 Å². The Morgan fingerprint density at radius 1 is 1.13 bits per heavy atom. The summed E-state index contributed by atoms with van der Waals surface area (Å²) in [6.45, 7) is 3.05. The molecule has 7 nitrogen and oxygen atoms in total. The fourth-order valence-corrected chi connectivity index (χ4v) is 7.31.